The van der Waals surface area contributed by atoms with Crippen LogP contribution in [0.3, 0.4) is 0 Å². The summed E-state index contributed by atoms with van der Waals surface area (Å²) in [7, 11) is 0. The van der Waals surface area contributed by atoms with E-state index in [4.69, 9.17) is 15.0 Å². The molecule has 0 amide bonds. The fourth-order valence-electron chi connectivity index (χ4n) is 7.37. The third-order valence-corrected chi connectivity index (χ3v) is 9.39. The van der Waals surface area contributed by atoms with E-state index in [9.17, 15) is 0 Å². The summed E-state index contributed by atoms with van der Waals surface area (Å²) in [5.74, 6) is 1.93. The van der Waals surface area contributed by atoms with E-state index in [0.29, 0.717) is 17.5 Å². The Bertz CT molecular complexity index is 2620. The maximum atomic E-state index is 5.12. The minimum Gasteiger partial charge on any atom is -0.308 e. The summed E-state index contributed by atoms with van der Waals surface area (Å²) < 4.78 is 2.40. The molecule has 0 N–H and O–H groups in total. The smallest absolute Gasteiger partial charge is 0.166 e. The zero-order valence-electron chi connectivity index (χ0n) is 25.3. The zero-order valence-corrected chi connectivity index (χ0v) is 25.3. The number of para-hydroxylation sites is 1. The molecule has 4 nitrogen and oxygen atoms in total. The fourth-order valence-corrected chi connectivity index (χ4v) is 7.37. The van der Waals surface area contributed by atoms with Crippen molar-refractivity contribution in [3.05, 3.63) is 158 Å². The van der Waals surface area contributed by atoms with E-state index in [2.05, 4.69) is 102 Å². The third-order valence-electron chi connectivity index (χ3n) is 9.39. The lowest BCUT2D eigenvalue weighted by Gasteiger charge is -2.16. The number of benzene rings is 7. The molecule has 9 aromatic rings. The lowest BCUT2D eigenvalue weighted by Crippen LogP contribution is -2.03. The highest BCUT2D eigenvalue weighted by Crippen LogP contribution is 2.49. The van der Waals surface area contributed by atoms with Gasteiger partial charge < -0.3 is 4.57 Å². The van der Waals surface area contributed by atoms with Crippen LogP contribution in [0.4, 0.5) is 0 Å². The SMILES string of the molecule is c1ccc(-c2nc(-c3ccccc3)nc(-c3ccccc3-n3c4cccc5c4c4c6c(cccc6ccc43)-c3ccccc3-5)n2)cc1. The largest absolute Gasteiger partial charge is 0.308 e. The molecule has 0 unspecified atom stereocenters. The number of nitrogens with zero attached hydrogens (tertiary/aromatic N) is 4. The van der Waals surface area contributed by atoms with Crippen molar-refractivity contribution < 1.29 is 0 Å². The van der Waals surface area contributed by atoms with Gasteiger partial charge in [-0.25, -0.2) is 15.0 Å². The Hall–Kier alpha value is -6.39. The normalized spacial score (nSPS) is 11.8. The Morgan fingerprint density at radius 1 is 0.319 bits per heavy atom. The molecule has 7 aromatic carbocycles. The standard InChI is InChI=1S/C43H26N4/c1-3-13-28(14-4-1)41-44-42(29-15-5-2-6-16-29)46-43(45-41)34-20-9-10-23-35(34)47-36-24-12-22-33-31-19-8-7-18-30(31)32-21-11-17-27-25-26-37(47)40(38(27)32)39(33)36/h1-26H. The topological polar surface area (TPSA) is 43.6 Å². The minimum atomic E-state index is 0.637. The Kier molecular flexibility index (Phi) is 5.54. The molecule has 1 aliphatic carbocycles. The number of hydrogen-bond donors (Lipinski definition) is 0. The highest BCUT2D eigenvalue weighted by Gasteiger charge is 2.25. The summed E-state index contributed by atoms with van der Waals surface area (Å²) in [6.07, 6.45) is 0. The van der Waals surface area contributed by atoms with Crippen LogP contribution in [0.2, 0.25) is 0 Å². The Morgan fingerprint density at radius 3 is 1.51 bits per heavy atom. The quantitative estimate of drug-likeness (QED) is 0.202. The molecule has 0 aliphatic heterocycles. The van der Waals surface area contributed by atoms with Gasteiger partial charge in [-0.05, 0) is 57.3 Å². The first-order valence-corrected chi connectivity index (χ1v) is 15.9. The second-order valence-electron chi connectivity index (χ2n) is 12.0. The van der Waals surface area contributed by atoms with Crippen LogP contribution in [0.5, 0.6) is 0 Å². The van der Waals surface area contributed by atoms with E-state index in [1.807, 2.05) is 60.7 Å². The van der Waals surface area contributed by atoms with E-state index >= 15 is 0 Å². The number of fused-ring (bicyclic) bond motifs is 3. The second kappa shape index (κ2) is 10.1. The number of rotatable bonds is 4. The van der Waals surface area contributed by atoms with Crippen LogP contribution < -0.4 is 0 Å². The molecule has 0 saturated heterocycles. The average molecular weight is 599 g/mol. The van der Waals surface area contributed by atoms with Crippen LogP contribution in [0.25, 0.3) is 94.7 Å². The molecule has 0 fully saturated rings. The lowest BCUT2D eigenvalue weighted by atomic mass is 9.93. The van der Waals surface area contributed by atoms with Crippen molar-refractivity contribution in [3.63, 3.8) is 0 Å². The molecule has 2 heterocycles. The molecule has 1 aliphatic rings. The van der Waals surface area contributed by atoms with Crippen molar-refractivity contribution in [3.8, 4) is 62.1 Å². The van der Waals surface area contributed by atoms with Crippen molar-refractivity contribution in [2.75, 3.05) is 0 Å². The molecule has 218 valence electrons. The van der Waals surface area contributed by atoms with Crippen LogP contribution in [0.15, 0.2) is 158 Å². The van der Waals surface area contributed by atoms with Crippen LogP contribution in [-0.4, -0.2) is 19.5 Å². The van der Waals surface area contributed by atoms with Crippen molar-refractivity contribution in [1.29, 1.82) is 0 Å². The van der Waals surface area contributed by atoms with Crippen LogP contribution in [0.1, 0.15) is 0 Å². The van der Waals surface area contributed by atoms with Gasteiger partial charge in [0.2, 0.25) is 0 Å². The first kappa shape index (κ1) is 25.9. The van der Waals surface area contributed by atoms with Crippen LogP contribution in [-0.2, 0) is 0 Å². The molecule has 2 aromatic heterocycles. The van der Waals surface area contributed by atoms with Crippen molar-refractivity contribution in [1.82, 2.24) is 19.5 Å². The molecule has 4 heteroatoms. The first-order chi connectivity index (χ1) is 23.3. The van der Waals surface area contributed by atoms with Gasteiger partial charge in [0.15, 0.2) is 17.5 Å². The van der Waals surface area contributed by atoms with Gasteiger partial charge in [-0.1, -0.05) is 133 Å². The molecular formula is C43H26N4. The van der Waals surface area contributed by atoms with E-state index in [-0.39, 0.29) is 0 Å². The Labute approximate surface area is 271 Å². The van der Waals surface area contributed by atoms with Gasteiger partial charge >= 0.3 is 0 Å². The zero-order chi connectivity index (χ0) is 30.9. The van der Waals surface area contributed by atoms with Crippen LogP contribution in [0, 0.1) is 0 Å². The first-order valence-electron chi connectivity index (χ1n) is 15.9. The maximum Gasteiger partial charge on any atom is 0.166 e. The lowest BCUT2D eigenvalue weighted by molar-refractivity contribution is 1.06. The minimum absolute atomic E-state index is 0.637. The highest BCUT2D eigenvalue weighted by atomic mass is 15.1. The van der Waals surface area contributed by atoms with Gasteiger partial charge in [-0.2, -0.15) is 0 Å². The summed E-state index contributed by atoms with van der Waals surface area (Å²) in [5.41, 5.74) is 11.2. The highest BCUT2D eigenvalue weighted by molar-refractivity contribution is 6.30. The fraction of sp³-hybridized carbons (Fsp3) is 0. The number of hydrogen-bond acceptors (Lipinski definition) is 3. The summed E-state index contributed by atoms with van der Waals surface area (Å²) in [6.45, 7) is 0. The van der Waals surface area contributed by atoms with E-state index in [1.165, 1.54) is 43.8 Å². The Morgan fingerprint density at radius 2 is 0.830 bits per heavy atom. The molecule has 47 heavy (non-hydrogen) atoms. The summed E-state index contributed by atoms with van der Waals surface area (Å²) in [6, 6.07) is 55.5. The van der Waals surface area contributed by atoms with E-state index in [1.54, 1.807) is 0 Å². The molecule has 0 spiro atoms. The predicted octanol–water partition coefficient (Wildman–Crippen LogP) is 10.8. The van der Waals surface area contributed by atoms with Gasteiger partial charge in [0, 0.05) is 27.5 Å². The Balaban J connectivity index is 1.31. The van der Waals surface area contributed by atoms with Gasteiger partial charge in [0.05, 0.1) is 16.7 Å². The van der Waals surface area contributed by atoms with Crippen molar-refractivity contribution in [2.45, 2.75) is 0 Å². The van der Waals surface area contributed by atoms with Crippen molar-refractivity contribution >= 4 is 32.6 Å². The predicted molar refractivity (Wildman–Crippen MR) is 192 cm³/mol. The third kappa shape index (κ3) is 3.85. The monoisotopic (exact) mass is 598 g/mol. The molecule has 0 radical (unpaired) electrons. The molecule has 10 rings (SSSR count). The maximum absolute atomic E-state index is 5.12. The van der Waals surface area contributed by atoms with E-state index in [0.717, 1.165) is 33.4 Å². The van der Waals surface area contributed by atoms with E-state index < -0.39 is 0 Å². The number of aromatic nitrogens is 4. The van der Waals surface area contributed by atoms with Crippen molar-refractivity contribution in [2.24, 2.45) is 0 Å². The molecular weight excluding hydrogens is 573 g/mol. The summed E-state index contributed by atoms with van der Waals surface area (Å²) in [5, 5.41) is 5.08. The second-order valence-corrected chi connectivity index (χ2v) is 12.0. The molecule has 0 atom stereocenters. The summed E-state index contributed by atoms with van der Waals surface area (Å²) >= 11 is 0. The summed E-state index contributed by atoms with van der Waals surface area (Å²) in [4.78, 5) is 15.2. The molecule has 0 saturated carbocycles. The molecule has 0 bridgehead atoms. The van der Waals surface area contributed by atoms with Gasteiger partial charge in [-0.15, -0.1) is 0 Å². The van der Waals surface area contributed by atoms with Gasteiger partial charge in [0.1, 0.15) is 0 Å². The van der Waals surface area contributed by atoms with Gasteiger partial charge in [0.25, 0.3) is 0 Å². The van der Waals surface area contributed by atoms with Gasteiger partial charge in [-0.3, -0.25) is 0 Å². The average Bonchev–Trinajstić information content (AvgIpc) is 3.43. The van der Waals surface area contributed by atoms with Crippen LogP contribution >= 0.6 is 0 Å².